The molecule has 0 aromatic carbocycles. The molecule has 1 aromatic rings. The molecule has 1 unspecified atom stereocenters. The van der Waals surface area contributed by atoms with Crippen molar-refractivity contribution in [3.05, 3.63) is 29.6 Å². The molecular formula is C20H29F3N2OS. The Bertz CT molecular complexity index is 627. The smallest absolute Gasteiger partial charge is 0.300 e. The summed E-state index contributed by atoms with van der Waals surface area (Å²) in [5.41, 5.74) is 0.111. The van der Waals surface area contributed by atoms with Gasteiger partial charge in [0.15, 0.2) is 0 Å². The summed E-state index contributed by atoms with van der Waals surface area (Å²) in [6, 6.07) is 3.25. The van der Waals surface area contributed by atoms with E-state index in [1.54, 1.807) is 6.07 Å². The molecule has 2 fully saturated rings. The molecule has 1 aliphatic carbocycles. The van der Waals surface area contributed by atoms with Gasteiger partial charge >= 0.3 is 6.18 Å². The van der Waals surface area contributed by atoms with Gasteiger partial charge in [-0.1, -0.05) is 13.0 Å². The minimum absolute atomic E-state index is 0.309. The first kappa shape index (κ1) is 20.8. The lowest BCUT2D eigenvalue weighted by Crippen LogP contribution is -2.45. The predicted octanol–water partition coefficient (Wildman–Crippen LogP) is 4.61. The third-order valence-corrected chi connectivity index (χ3v) is 7.54. The first-order valence-corrected chi connectivity index (χ1v) is 11.5. The van der Waals surface area contributed by atoms with Gasteiger partial charge in [0.05, 0.1) is 0 Å². The van der Waals surface area contributed by atoms with Crippen molar-refractivity contribution >= 4 is 10.8 Å². The first-order valence-electron chi connectivity index (χ1n) is 9.99. The van der Waals surface area contributed by atoms with E-state index in [0.717, 1.165) is 61.9 Å². The maximum absolute atomic E-state index is 12.7. The van der Waals surface area contributed by atoms with E-state index in [0.29, 0.717) is 17.9 Å². The molecule has 2 atom stereocenters. The van der Waals surface area contributed by atoms with Gasteiger partial charge in [0.2, 0.25) is 0 Å². The van der Waals surface area contributed by atoms with Crippen LogP contribution in [-0.2, 0) is 17.0 Å². The fourth-order valence-corrected chi connectivity index (χ4v) is 5.57. The largest absolute Gasteiger partial charge is 0.433 e. The Morgan fingerprint density at radius 1 is 1.19 bits per heavy atom. The van der Waals surface area contributed by atoms with Crippen molar-refractivity contribution < 1.29 is 17.4 Å². The molecule has 3 nitrogen and oxygen atoms in total. The van der Waals surface area contributed by atoms with Gasteiger partial charge in [0, 0.05) is 41.1 Å². The summed E-state index contributed by atoms with van der Waals surface area (Å²) in [5, 5.41) is 0. The van der Waals surface area contributed by atoms with Gasteiger partial charge in [-0.3, -0.25) is 9.19 Å². The molecule has 1 aliphatic heterocycles. The summed E-state index contributed by atoms with van der Waals surface area (Å²) in [6.45, 7) is 4.14. The minimum Gasteiger partial charge on any atom is -0.300 e. The summed E-state index contributed by atoms with van der Waals surface area (Å²) >= 11 is 0. The van der Waals surface area contributed by atoms with Crippen LogP contribution >= 0.6 is 0 Å². The van der Waals surface area contributed by atoms with Gasteiger partial charge in [-0.2, -0.15) is 13.2 Å². The van der Waals surface area contributed by atoms with E-state index in [4.69, 9.17) is 0 Å². The topological polar surface area (TPSA) is 33.2 Å². The molecule has 2 heterocycles. The van der Waals surface area contributed by atoms with Crippen molar-refractivity contribution in [3.63, 3.8) is 0 Å². The summed E-state index contributed by atoms with van der Waals surface area (Å²) in [6.07, 6.45) is 3.54. The highest BCUT2D eigenvalue weighted by Crippen LogP contribution is 2.37. The van der Waals surface area contributed by atoms with Crippen LogP contribution < -0.4 is 0 Å². The predicted molar refractivity (Wildman–Crippen MR) is 102 cm³/mol. The summed E-state index contributed by atoms with van der Waals surface area (Å²) < 4.78 is 49.9. The van der Waals surface area contributed by atoms with Crippen molar-refractivity contribution in [2.75, 3.05) is 24.6 Å². The Hall–Kier alpha value is -0.950. The quantitative estimate of drug-likeness (QED) is 0.721. The average molecular weight is 403 g/mol. The molecule has 7 heteroatoms. The second-order valence-corrected chi connectivity index (χ2v) is 9.67. The third kappa shape index (κ3) is 5.53. The second kappa shape index (κ2) is 9.03. The molecule has 0 amide bonds. The molecule has 152 valence electrons. The van der Waals surface area contributed by atoms with E-state index < -0.39 is 22.7 Å². The minimum atomic E-state index is -4.37. The highest BCUT2D eigenvalue weighted by molar-refractivity contribution is 7.84. The maximum Gasteiger partial charge on any atom is 0.433 e. The maximum atomic E-state index is 12.7. The normalized spacial score (nSPS) is 28.8. The van der Waals surface area contributed by atoms with Crippen molar-refractivity contribution in [2.45, 2.75) is 63.6 Å². The molecule has 3 rings (SSSR count). The van der Waals surface area contributed by atoms with Crippen LogP contribution in [0.5, 0.6) is 0 Å². The number of rotatable bonds is 5. The Morgan fingerprint density at radius 2 is 1.93 bits per heavy atom. The van der Waals surface area contributed by atoms with Crippen LogP contribution in [0.4, 0.5) is 13.2 Å². The summed E-state index contributed by atoms with van der Waals surface area (Å²) in [5.74, 6) is 2.41. The van der Waals surface area contributed by atoms with Crippen LogP contribution in [0.25, 0.3) is 0 Å². The number of nitrogens with zero attached hydrogens (tertiary/aromatic N) is 2. The number of alkyl halides is 3. The zero-order valence-corrected chi connectivity index (χ0v) is 16.7. The van der Waals surface area contributed by atoms with Gasteiger partial charge in [0.25, 0.3) is 0 Å². The monoisotopic (exact) mass is 402 g/mol. The molecule has 0 N–H and O–H groups in total. The Labute approximate surface area is 162 Å². The van der Waals surface area contributed by atoms with Crippen molar-refractivity contribution in [1.82, 2.24) is 9.88 Å². The van der Waals surface area contributed by atoms with E-state index in [-0.39, 0.29) is 0 Å². The van der Waals surface area contributed by atoms with Gasteiger partial charge in [-0.05, 0) is 68.5 Å². The molecule has 2 aliphatic rings. The molecular weight excluding hydrogens is 373 g/mol. The Kier molecular flexibility index (Phi) is 6.95. The van der Waals surface area contributed by atoms with E-state index in [9.17, 15) is 17.4 Å². The van der Waals surface area contributed by atoms with E-state index in [1.807, 2.05) is 6.92 Å². The summed E-state index contributed by atoms with van der Waals surface area (Å²) in [7, 11) is -0.697. The molecule has 0 spiro atoms. The van der Waals surface area contributed by atoms with Crippen LogP contribution in [0.1, 0.15) is 62.6 Å². The SMILES string of the molecule is CCS(=O)C[C@H]1CCCN(C2CCC(c3ccc(C(F)(F)F)nc3)CC2)C1. The third-order valence-electron chi connectivity index (χ3n) is 6.06. The fraction of sp³-hybridized carbons (Fsp3) is 0.750. The van der Waals surface area contributed by atoms with Crippen LogP contribution in [0.2, 0.25) is 0 Å². The summed E-state index contributed by atoms with van der Waals surface area (Å²) in [4.78, 5) is 6.19. The molecule has 1 saturated carbocycles. The lowest BCUT2D eigenvalue weighted by molar-refractivity contribution is -0.141. The zero-order chi connectivity index (χ0) is 19.4. The lowest BCUT2D eigenvalue weighted by atomic mass is 9.81. The van der Waals surface area contributed by atoms with Gasteiger partial charge in [-0.25, -0.2) is 0 Å². The Balaban J connectivity index is 1.52. The molecule has 27 heavy (non-hydrogen) atoms. The van der Waals surface area contributed by atoms with Crippen LogP contribution in [0, 0.1) is 5.92 Å². The van der Waals surface area contributed by atoms with Crippen molar-refractivity contribution in [1.29, 1.82) is 0 Å². The number of hydrogen-bond donors (Lipinski definition) is 0. The van der Waals surface area contributed by atoms with Crippen LogP contribution in [0.15, 0.2) is 18.3 Å². The van der Waals surface area contributed by atoms with Gasteiger partial charge < -0.3 is 4.90 Å². The average Bonchev–Trinajstić information content (AvgIpc) is 2.68. The zero-order valence-electron chi connectivity index (χ0n) is 15.9. The highest BCUT2D eigenvalue weighted by atomic mass is 32.2. The van der Waals surface area contributed by atoms with Crippen LogP contribution in [0.3, 0.4) is 0 Å². The number of hydrogen-bond acceptors (Lipinski definition) is 3. The van der Waals surface area contributed by atoms with Crippen molar-refractivity contribution in [3.8, 4) is 0 Å². The molecule has 1 aromatic heterocycles. The number of aromatic nitrogens is 1. The van der Waals surface area contributed by atoms with E-state index >= 15 is 0 Å². The lowest BCUT2D eigenvalue weighted by Gasteiger charge is -2.41. The molecule has 0 radical (unpaired) electrons. The molecule has 1 saturated heterocycles. The van der Waals surface area contributed by atoms with Gasteiger partial charge in [-0.15, -0.1) is 0 Å². The van der Waals surface area contributed by atoms with Crippen molar-refractivity contribution in [2.24, 2.45) is 5.92 Å². The fourth-order valence-electron chi connectivity index (χ4n) is 4.53. The number of piperidine rings is 1. The number of halogens is 3. The Morgan fingerprint density at radius 3 is 2.52 bits per heavy atom. The second-order valence-electron chi connectivity index (χ2n) is 7.88. The highest BCUT2D eigenvalue weighted by Gasteiger charge is 2.33. The number of pyridine rings is 1. The van der Waals surface area contributed by atoms with Crippen LogP contribution in [-0.4, -0.2) is 44.7 Å². The standard InChI is InChI=1S/C20H29F3N2OS/c1-2-27(26)14-15-4-3-11-25(13-15)18-8-5-16(6-9-18)17-7-10-19(24-12-17)20(21,22)23/h7,10,12,15-16,18H,2-6,8-9,11,13-14H2,1H3/t15-,16?,18?,27?/m0/s1. The number of likely N-dealkylation sites (tertiary alicyclic amines) is 1. The molecule has 0 bridgehead atoms. The van der Waals surface area contributed by atoms with E-state index in [1.165, 1.54) is 19.0 Å². The first-order chi connectivity index (χ1) is 12.9. The van der Waals surface area contributed by atoms with Gasteiger partial charge in [0.1, 0.15) is 5.69 Å². The van der Waals surface area contributed by atoms with E-state index in [2.05, 4.69) is 9.88 Å².